The molecule has 0 saturated carbocycles. The predicted octanol–water partition coefficient (Wildman–Crippen LogP) is -0.0476. The van der Waals surface area contributed by atoms with Crippen molar-refractivity contribution in [2.45, 2.75) is 0 Å². The van der Waals surface area contributed by atoms with E-state index < -0.39 is 14.6 Å². The molecule has 0 saturated heterocycles. The van der Waals surface area contributed by atoms with E-state index in [0.717, 1.165) is 0 Å². The third-order valence-corrected chi connectivity index (χ3v) is 1.88. The lowest BCUT2D eigenvalue weighted by molar-refractivity contribution is -0.991. The summed E-state index contributed by atoms with van der Waals surface area (Å²) < 4.78 is 25.2. The van der Waals surface area contributed by atoms with Crippen LogP contribution < -0.4 is 9.41 Å². The van der Waals surface area contributed by atoms with Crippen molar-refractivity contribution in [3.8, 4) is 5.75 Å². The Morgan fingerprint density at radius 3 is 2.21 bits per heavy atom. The molecule has 1 aromatic carbocycles. The zero-order valence-electron chi connectivity index (χ0n) is 6.68. The summed E-state index contributed by atoms with van der Waals surface area (Å²) in [6, 6.07) is 4.81. The smallest absolute Gasteiger partial charge is 0.401 e. The fourth-order valence-electron chi connectivity index (χ4n) is 0.768. The second-order valence-electron chi connectivity index (χ2n) is 2.31. The Kier molecular flexibility index (Phi) is 3.29. The summed E-state index contributed by atoms with van der Waals surface area (Å²) in [4.78, 5) is 0. The summed E-state index contributed by atoms with van der Waals surface area (Å²) in [5, 5.41) is 17.8. The third kappa shape index (κ3) is 3.48. The highest BCUT2D eigenvalue weighted by Gasteiger charge is 2.07. The fraction of sp³-hybridized carbons (Fsp3) is 0. The van der Waals surface area contributed by atoms with Crippen LogP contribution in [-0.2, 0) is 9.33 Å². The van der Waals surface area contributed by atoms with Crippen molar-refractivity contribution in [3.05, 3.63) is 29.5 Å². The van der Waals surface area contributed by atoms with Gasteiger partial charge in [-0.3, -0.25) is 0 Å². The van der Waals surface area contributed by atoms with Gasteiger partial charge in [0.25, 0.3) is 0 Å². The van der Waals surface area contributed by atoms with E-state index in [9.17, 15) is 13.6 Å². The van der Waals surface area contributed by atoms with Gasteiger partial charge in [0.1, 0.15) is 5.75 Å². The molecule has 0 aliphatic rings. The Labute approximate surface area is 84.4 Å². The lowest BCUT2D eigenvalue weighted by Gasteiger charge is -2.11. The number of benzene rings is 1. The minimum Gasteiger partial charge on any atom is -0.595 e. The predicted molar refractivity (Wildman–Crippen MR) is 47.6 cm³/mol. The Balaban J connectivity index is 2.84. The average molecular weight is 240 g/mol. The van der Waals surface area contributed by atoms with Gasteiger partial charge in [-0.05, 0) is 12.1 Å². The molecule has 0 aliphatic heterocycles. The summed E-state index contributed by atoms with van der Waals surface area (Å²) in [5.41, 5.74) is 0.0318. The second kappa shape index (κ2) is 4.11. The topological polar surface area (TPSA) is 91.1 Å². The van der Waals surface area contributed by atoms with Crippen LogP contribution in [0.5, 0.6) is 5.75 Å². The van der Waals surface area contributed by atoms with Crippen molar-refractivity contribution < 1.29 is 23.0 Å². The molecule has 0 aliphatic carbocycles. The standard InChI is InChI=1S/C6H6ClNO5S/c7-14(11,12)13-6-3-1-5(2-4-6)8(9)10/h1-4,8-9H. The first-order valence-electron chi connectivity index (χ1n) is 3.36. The van der Waals surface area contributed by atoms with Crippen LogP contribution in [0.1, 0.15) is 0 Å². The number of hydrogen-bond acceptors (Lipinski definition) is 5. The van der Waals surface area contributed by atoms with Gasteiger partial charge in [0.2, 0.25) is 0 Å². The van der Waals surface area contributed by atoms with Crippen LogP contribution >= 0.6 is 10.7 Å². The van der Waals surface area contributed by atoms with E-state index in [2.05, 4.69) is 4.18 Å². The maximum absolute atomic E-state index is 10.4. The van der Waals surface area contributed by atoms with Crippen LogP contribution in [0, 0.1) is 5.21 Å². The molecule has 14 heavy (non-hydrogen) atoms. The maximum atomic E-state index is 10.4. The zero-order valence-corrected chi connectivity index (χ0v) is 8.25. The normalized spacial score (nSPS) is 13.6. The molecule has 1 atom stereocenters. The van der Waals surface area contributed by atoms with Gasteiger partial charge in [0.15, 0.2) is 5.69 Å². The van der Waals surface area contributed by atoms with Crippen LogP contribution in [0.3, 0.4) is 0 Å². The van der Waals surface area contributed by atoms with Gasteiger partial charge in [-0.1, -0.05) is 0 Å². The van der Waals surface area contributed by atoms with Gasteiger partial charge in [-0.15, -0.1) is 0 Å². The van der Waals surface area contributed by atoms with Gasteiger partial charge >= 0.3 is 9.33 Å². The minimum atomic E-state index is -4.09. The molecular weight excluding hydrogens is 234 g/mol. The van der Waals surface area contributed by atoms with Gasteiger partial charge in [-0.2, -0.15) is 13.6 Å². The molecule has 78 valence electrons. The van der Waals surface area contributed by atoms with E-state index in [1.807, 2.05) is 0 Å². The maximum Gasteiger partial charge on any atom is 0.401 e. The highest BCUT2D eigenvalue weighted by Crippen LogP contribution is 2.16. The molecule has 0 spiro atoms. The lowest BCUT2D eigenvalue weighted by atomic mass is 10.3. The molecule has 0 fully saturated rings. The van der Waals surface area contributed by atoms with Crippen LogP contribution in [-0.4, -0.2) is 13.6 Å². The quantitative estimate of drug-likeness (QED) is 0.570. The molecule has 1 rings (SSSR count). The molecule has 1 unspecified atom stereocenters. The Morgan fingerprint density at radius 1 is 1.36 bits per heavy atom. The van der Waals surface area contributed by atoms with E-state index in [1.165, 1.54) is 24.3 Å². The van der Waals surface area contributed by atoms with E-state index in [0.29, 0.717) is 0 Å². The summed E-state index contributed by atoms with van der Waals surface area (Å²) in [7, 11) is 0.718. The molecule has 2 N–H and O–H groups in total. The minimum absolute atomic E-state index is 0.0318. The molecular formula is C6H6ClNO5S. The van der Waals surface area contributed by atoms with Crippen LogP contribution in [0.25, 0.3) is 0 Å². The Morgan fingerprint density at radius 2 is 1.86 bits per heavy atom. The highest BCUT2D eigenvalue weighted by molar-refractivity contribution is 8.10. The van der Waals surface area contributed by atoms with Gasteiger partial charge in [0.05, 0.1) is 10.7 Å². The number of halogens is 1. The van der Waals surface area contributed by atoms with Crippen LogP contribution in [0.2, 0.25) is 0 Å². The van der Waals surface area contributed by atoms with Crippen molar-refractivity contribution >= 4 is 25.7 Å². The highest BCUT2D eigenvalue weighted by atomic mass is 35.7. The molecule has 0 aromatic heterocycles. The molecule has 8 heteroatoms. The summed E-state index contributed by atoms with van der Waals surface area (Å²) >= 11 is 0. The van der Waals surface area contributed by atoms with E-state index >= 15 is 0 Å². The fourth-order valence-corrected chi connectivity index (χ4v) is 1.33. The number of hydrogen-bond donors (Lipinski definition) is 2. The monoisotopic (exact) mass is 239 g/mol. The molecule has 1 aromatic rings. The van der Waals surface area contributed by atoms with Gasteiger partial charge in [-0.25, -0.2) is 5.21 Å². The van der Waals surface area contributed by atoms with Crippen LogP contribution in [0.15, 0.2) is 24.3 Å². The first-order valence-corrected chi connectivity index (χ1v) is 5.59. The number of quaternary nitrogens is 1. The van der Waals surface area contributed by atoms with Crippen molar-refractivity contribution in [1.82, 2.24) is 0 Å². The summed E-state index contributed by atoms with van der Waals surface area (Å²) in [6.45, 7) is 0. The largest absolute Gasteiger partial charge is 0.595 e. The van der Waals surface area contributed by atoms with Gasteiger partial charge in [0, 0.05) is 12.1 Å². The van der Waals surface area contributed by atoms with Crippen molar-refractivity contribution in [2.24, 2.45) is 0 Å². The first kappa shape index (κ1) is 11.2. The lowest BCUT2D eigenvalue weighted by Crippen LogP contribution is -2.99. The first-order chi connectivity index (χ1) is 6.38. The Hall–Kier alpha value is -0.860. The molecule has 0 heterocycles. The van der Waals surface area contributed by atoms with E-state index in [4.69, 9.17) is 15.9 Å². The van der Waals surface area contributed by atoms with E-state index in [-0.39, 0.29) is 11.4 Å². The molecule has 0 bridgehead atoms. The number of nitrogens with one attached hydrogen (secondary N) is 1. The zero-order chi connectivity index (χ0) is 10.8. The second-order valence-corrected chi connectivity index (χ2v) is 4.39. The average Bonchev–Trinajstić information content (AvgIpc) is 2.02. The SMILES string of the molecule is O=S(=O)(Cl)Oc1ccc([NH+]([O-])O)cc1. The van der Waals surface area contributed by atoms with Crippen LogP contribution in [0.4, 0.5) is 5.69 Å². The molecule has 6 nitrogen and oxygen atoms in total. The summed E-state index contributed by atoms with van der Waals surface area (Å²) in [5.74, 6) is -0.0370. The summed E-state index contributed by atoms with van der Waals surface area (Å²) in [6.07, 6.45) is 0. The van der Waals surface area contributed by atoms with Crippen molar-refractivity contribution in [2.75, 3.05) is 0 Å². The Bertz CT molecular complexity index is 401. The number of rotatable bonds is 3. The third-order valence-electron chi connectivity index (χ3n) is 1.30. The molecule has 0 amide bonds. The van der Waals surface area contributed by atoms with E-state index in [1.54, 1.807) is 0 Å². The van der Waals surface area contributed by atoms with Crippen molar-refractivity contribution in [1.29, 1.82) is 0 Å². The van der Waals surface area contributed by atoms with Gasteiger partial charge < -0.3 is 9.39 Å². The van der Waals surface area contributed by atoms with Crippen molar-refractivity contribution in [3.63, 3.8) is 0 Å². The molecule has 0 radical (unpaired) electrons.